The van der Waals surface area contributed by atoms with Crippen LogP contribution >= 0.6 is 0 Å². The number of hydrogen-bond donors (Lipinski definition) is 3. The second kappa shape index (κ2) is 7.20. The molecule has 0 bridgehead atoms. The molecule has 1 fully saturated rings. The van der Waals surface area contributed by atoms with Gasteiger partial charge >= 0.3 is 12.0 Å². The van der Waals surface area contributed by atoms with E-state index >= 15 is 0 Å². The summed E-state index contributed by atoms with van der Waals surface area (Å²) in [7, 11) is 0. The van der Waals surface area contributed by atoms with E-state index in [0.29, 0.717) is 12.5 Å². The molecule has 1 saturated heterocycles. The number of carbonyl (C=O) groups excluding carboxylic acids is 1. The van der Waals surface area contributed by atoms with Crippen molar-refractivity contribution in [3.05, 3.63) is 0 Å². The minimum atomic E-state index is -0.912. The fourth-order valence-electron chi connectivity index (χ4n) is 2.00. The molecule has 1 heterocycles. The summed E-state index contributed by atoms with van der Waals surface area (Å²) in [6.07, 6.45) is 2.14. The van der Waals surface area contributed by atoms with Crippen LogP contribution in [-0.2, 0) is 9.53 Å². The van der Waals surface area contributed by atoms with E-state index in [-0.39, 0.29) is 18.7 Å². The number of aliphatic carboxylic acids is 1. The van der Waals surface area contributed by atoms with E-state index in [1.54, 1.807) is 6.92 Å². The molecule has 0 aliphatic carbocycles. The van der Waals surface area contributed by atoms with Crippen molar-refractivity contribution in [2.45, 2.75) is 32.8 Å². The lowest BCUT2D eigenvalue weighted by Gasteiger charge is -2.17. The van der Waals surface area contributed by atoms with Crippen LogP contribution in [0.15, 0.2) is 0 Å². The molecule has 0 saturated carbocycles. The molecule has 3 unspecified atom stereocenters. The lowest BCUT2D eigenvalue weighted by atomic mass is 10.00. The van der Waals surface area contributed by atoms with E-state index in [9.17, 15) is 9.59 Å². The summed E-state index contributed by atoms with van der Waals surface area (Å²) in [6.45, 7) is 5.09. The molecular formula is C12H22N2O4. The van der Waals surface area contributed by atoms with Crippen LogP contribution < -0.4 is 10.6 Å². The summed E-state index contributed by atoms with van der Waals surface area (Å²) in [6, 6.07) is -0.315. The van der Waals surface area contributed by atoms with Crippen molar-refractivity contribution in [1.82, 2.24) is 10.6 Å². The van der Waals surface area contributed by atoms with Crippen molar-refractivity contribution in [3.8, 4) is 0 Å². The van der Waals surface area contributed by atoms with Crippen molar-refractivity contribution in [2.75, 3.05) is 19.7 Å². The maximum absolute atomic E-state index is 11.5. The van der Waals surface area contributed by atoms with E-state index in [4.69, 9.17) is 9.84 Å². The first kappa shape index (κ1) is 14.8. The quantitative estimate of drug-likeness (QED) is 0.658. The number of amides is 2. The Balaban J connectivity index is 2.19. The highest BCUT2D eigenvalue weighted by atomic mass is 16.5. The van der Waals surface area contributed by atoms with Gasteiger partial charge in [0, 0.05) is 25.6 Å². The van der Waals surface area contributed by atoms with Crippen LogP contribution in [0.1, 0.15) is 26.7 Å². The molecule has 0 aromatic carbocycles. The van der Waals surface area contributed by atoms with E-state index in [0.717, 1.165) is 19.4 Å². The standard InChI is InChI=1S/C12H22N2O4/c1-3-10-9(4-5-18-10)7-14-12(17)13-6-8(2)11(15)16/h8-10H,3-7H2,1-2H3,(H,15,16)(H2,13,14,17). The van der Waals surface area contributed by atoms with Crippen LogP contribution in [0.25, 0.3) is 0 Å². The lowest BCUT2D eigenvalue weighted by Crippen LogP contribution is -2.42. The third-order valence-corrected chi connectivity index (χ3v) is 3.26. The van der Waals surface area contributed by atoms with Crippen LogP contribution in [0.3, 0.4) is 0 Å². The molecule has 0 spiro atoms. The van der Waals surface area contributed by atoms with Gasteiger partial charge in [0.1, 0.15) is 0 Å². The zero-order valence-electron chi connectivity index (χ0n) is 10.9. The second-order valence-electron chi connectivity index (χ2n) is 4.70. The first-order valence-electron chi connectivity index (χ1n) is 6.40. The highest BCUT2D eigenvalue weighted by Crippen LogP contribution is 2.22. The van der Waals surface area contributed by atoms with Gasteiger partial charge in [-0.3, -0.25) is 4.79 Å². The summed E-state index contributed by atoms with van der Waals surface area (Å²) in [5, 5.41) is 14.0. The Hall–Kier alpha value is -1.30. The number of ether oxygens (including phenoxy) is 1. The van der Waals surface area contributed by atoms with Crippen LogP contribution in [0.4, 0.5) is 4.79 Å². The molecule has 18 heavy (non-hydrogen) atoms. The molecule has 6 heteroatoms. The Morgan fingerprint density at radius 1 is 1.44 bits per heavy atom. The monoisotopic (exact) mass is 258 g/mol. The number of urea groups is 1. The molecule has 0 aromatic heterocycles. The van der Waals surface area contributed by atoms with Gasteiger partial charge in [-0.25, -0.2) is 4.79 Å². The maximum atomic E-state index is 11.5. The van der Waals surface area contributed by atoms with E-state index in [1.807, 2.05) is 0 Å². The summed E-state index contributed by atoms with van der Waals surface area (Å²) >= 11 is 0. The Morgan fingerprint density at radius 3 is 2.78 bits per heavy atom. The van der Waals surface area contributed by atoms with Gasteiger partial charge in [0.05, 0.1) is 12.0 Å². The van der Waals surface area contributed by atoms with Crippen molar-refractivity contribution in [1.29, 1.82) is 0 Å². The normalized spacial score (nSPS) is 24.6. The number of carbonyl (C=O) groups is 2. The maximum Gasteiger partial charge on any atom is 0.314 e. The molecule has 2 amide bonds. The predicted octanol–water partition coefficient (Wildman–Crippen LogP) is 0.821. The van der Waals surface area contributed by atoms with Crippen LogP contribution in [0, 0.1) is 11.8 Å². The second-order valence-corrected chi connectivity index (χ2v) is 4.70. The van der Waals surface area contributed by atoms with Gasteiger partial charge in [-0.1, -0.05) is 13.8 Å². The molecular weight excluding hydrogens is 236 g/mol. The Morgan fingerprint density at radius 2 is 2.17 bits per heavy atom. The first-order valence-corrected chi connectivity index (χ1v) is 6.40. The van der Waals surface area contributed by atoms with Crippen LogP contribution in [-0.4, -0.2) is 42.9 Å². The van der Waals surface area contributed by atoms with E-state index in [1.165, 1.54) is 0 Å². The van der Waals surface area contributed by atoms with E-state index < -0.39 is 11.9 Å². The minimum absolute atomic E-state index is 0.138. The number of carboxylic acid groups (broad SMARTS) is 1. The zero-order valence-corrected chi connectivity index (χ0v) is 10.9. The summed E-state index contributed by atoms with van der Waals surface area (Å²) in [5.41, 5.74) is 0. The number of rotatable bonds is 6. The fraction of sp³-hybridized carbons (Fsp3) is 0.833. The molecule has 3 N–H and O–H groups in total. The van der Waals surface area contributed by atoms with Gasteiger partial charge < -0.3 is 20.5 Å². The summed E-state index contributed by atoms with van der Waals surface area (Å²) in [5.74, 6) is -1.13. The molecule has 104 valence electrons. The predicted molar refractivity (Wildman–Crippen MR) is 66.3 cm³/mol. The van der Waals surface area contributed by atoms with Gasteiger partial charge in [-0.15, -0.1) is 0 Å². The Labute approximate surface area is 107 Å². The highest BCUT2D eigenvalue weighted by molar-refractivity contribution is 5.75. The van der Waals surface area contributed by atoms with Crippen molar-refractivity contribution in [3.63, 3.8) is 0 Å². The summed E-state index contributed by atoms with van der Waals surface area (Å²) < 4.78 is 5.53. The topological polar surface area (TPSA) is 87.7 Å². The van der Waals surface area contributed by atoms with Gasteiger partial charge in [0.2, 0.25) is 0 Å². The smallest absolute Gasteiger partial charge is 0.314 e. The number of nitrogens with one attached hydrogen (secondary N) is 2. The Bertz CT molecular complexity index is 296. The fourth-order valence-corrected chi connectivity index (χ4v) is 2.00. The van der Waals surface area contributed by atoms with Crippen molar-refractivity contribution < 1.29 is 19.4 Å². The average molecular weight is 258 g/mol. The van der Waals surface area contributed by atoms with Crippen molar-refractivity contribution in [2.24, 2.45) is 11.8 Å². The third kappa shape index (κ3) is 4.52. The first-order chi connectivity index (χ1) is 8.54. The SMILES string of the molecule is CCC1OCCC1CNC(=O)NCC(C)C(=O)O. The molecule has 3 atom stereocenters. The van der Waals surface area contributed by atoms with Crippen LogP contribution in [0.5, 0.6) is 0 Å². The van der Waals surface area contributed by atoms with Gasteiger partial charge in [0.25, 0.3) is 0 Å². The number of carboxylic acids is 1. The van der Waals surface area contributed by atoms with E-state index in [2.05, 4.69) is 17.6 Å². The van der Waals surface area contributed by atoms with Gasteiger partial charge in [0.15, 0.2) is 0 Å². The molecule has 0 aromatic rings. The largest absolute Gasteiger partial charge is 0.481 e. The highest BCUT2D eigenvalue weighted by Gasteiger charge is 2.26. The lowest BCUT2D eigenvalue weighted by molar-refractivity contribution is -0.140. The van der Waals surface area contributed by atoms with Crippen molar-refractivity contribution >= 4 is 12.0 Å². The van der Waals surface area contributed by atoms with Gasteiger partial charge in [-0.2, -0.15) is 0 Å². The molecule has 1 aliphatic heterocycles. The zero-order chi connectivity index (χ0) is 13.5. The third-order valence-electron chi connectivity index (χ3n) is 3.26. The molecule has 1 rings (SSSR count). The Kier molecular flexibility index (Phi) is 5.91. The molecule has 0 radical (unpaired) electrons. The molecule has 1 aliphatic rings. The van der Waals surface area contributed by atoms with Gasteiger partial charge in [-0.05, 0) is 12.8 Å². The average Bonchev–Trinajstić information content (AvgIpc) is 2.80. The molecule has 6 nitrogen and oxygen atoms in total. The van der Waals surface area contributed by atoms with Crippen LogP contribution in [0.2, 0.25) is 0 Å². The summed E-state index contributed by atoms with van der Waals surface area (Å²) in [4.78, 5) is 22.0. The number of hydrogen-bond acceptors (Lipinski definition) is 3. The minimum Gasteiger partial charge on any atom is -0.481 e.